The molecule has 0 amide bonds. The van der Waals surface area contributed by atoms with Gasteiger partial charge in [0.15, 0.2) is 0 Å². The summed E-state index contributed by atoms with van der Waals surface area (Å²) >= 11 is 0. The lowest BCUT2D eigenvalue weighted by Gasteiger charge is -2.25. The molecule has 0 spiro atoms. The number of aryl methyl sites for hydroxylation is 1. The summed E-state index contributed by atoms with van der Waals surface area (Å²) in [6.45, 7) is 6.58. The van der Waals surface area contributed by atoms with Crippen molar-refractivity contribution in [3.63, 3.8) is 0 Å². The second-order valence-corrected chi connectivity index (χ2v) is 8.24. The monoisotopic (exact) mass is 401 g/mol. The lowest BCUT2D eigenvalue weighted by molar-refractivity contribution is 0.213. The first-order valence-electron chi connectivity index (χ1n) is 10.5. The first-order chi connectivity index (χ1) is 14.5. The zero-order valence-corrected chi connectivity index (χ0v) is 18.4. The summed E-state index contributed by atoms with van der Waals surface area (Å²) in [4.78, 5) is 4.87. The molecule has 3 nitrogen and oxygen atoms in total. The molecule has 0 fully saturated rings. The van der Waals surface area contributed by atoms with Crippen LogP contribution in [0.2, 0.25) is 0 Å². The van der Waals surface area contributed by atoms with Gasteiger partial charge in [-0.3, -0.25) is 0 Å². The number of benzene rings is 3. The molecule has 0 atom stereocenters. The molecule has 0 aliphatic carbocycles. The molecule has 0 bridgehead atoms. The largest absolute Gasteiger partial charge is 0.457 e. The van der Waals surface area contributed by atoms with E-state index in [0.717, 1.165) is 42.0 Å². The quantitative estimate of drug-likeness (QED) is 0.281. The Kier molecular flexibility index (Phi) is 7.29. The molecule has 0 aliphatic heterocycles. The van der Waals surface area contributed by atoms with E-state index >= 15 is 0 Å². The molecular weight excluding hydrogens is 370 g/mol. The fourth-order valence-electron chi connectivity index (χ4n) is 3.62. The van der Waals surface area contributed by atoms with Crippen LogP contribution in [0.5, 0.6) is 11.5 Å². The van der Waals surface area contributed by atoms with Crippen LogP contribution in [-0.4, -0.2) is 12.8 Å². The maximum absolute atomic E-state index is 5.96. The van der Waals surface area contributed by atoms with E-state index in [9.17, 15) is 0 Å². The Bertz CT molecular complexity index is 960. The topological polar surface area (TPSA) is 30.8 Å². The summed E-state index contributed by atoms with van der Waals surface area (Å²) in [6.07, 6.45) is 3.27. The van der Waals surface area contributed by atoms with Gasteiger partial charge in [0.25, 0.3) is 0 Å². The van der Waals surface area contributed by atoms with Gasteiger partial charge in [0.05, 0.1) is 5.71 Å². The predicted molar refractivity (Wildman–Crippen MR) is 125 cm³/mol. The van der Waals surface area contributed by atoms with Gasteiger partial charge in [0, 0.05) is 0 Å². The molecule has 0 radical (unpaired) electrons. The summed E-state index contributed by atoms with van der Waals surface area (Å²) in [6, 6.07) is 27.0. The maximum atomic E-state index is 5.96. The van der Waals surface area contributed by atoms with E-state index in [0.29, 0.717) is 0 Å². The van der Waals surface area contributed by atoms with Gasteiger partial charge in [0.2, 0.25) is 0 Å². The molecule has 0 saturated carbocycles. The van der Waals surface area contributed by atoms with Gasteiger partial charge in [-0.2, -0.15) is 0 Å². The highest BCUT2D eigenvalue weighted by atomic mass is 16.6. The maximum Gasteiger partial charge on any atom is 0.127 e. The van der Waals surface area contributed by atoms with Crippen LogP contribution < -0.4 is 4.74 Å². The first-order valence-corrected chi connectivity index (χ1v) is 10.5. The zero-order chi connectivity index (χ0) is 21.4. The van der Waals surface area contributed by atoms with E-state index in [-0.39, 0.29) is 5.41 Å². The third-order valence-corrected chi connectivity index (χ3v) is 5.46. The molecule has 0 aromatic heterocycles. The number of ether oxygens (including phenoxy) is 1. The second kappa shape index (κ2) is 10.1. The number of rotatable bonds is 9. The highest BCUT2D eigenvalue weighted by Crippen LogP contribution is 2.30. The van der Waals surface area contributed by atoms with Crippen molar-refractivity contribution in [3.8, 4) is 11.5 Å². The molecule has 3 aromatic rings. The van der Waals surface area contributed by atoms with Crippen LogP contribution in [0.4, 0.5) is 0 Å². The average molecular weight is 402 g/mol. The van der Waals surface area contributed by atoms with E-state index in [2.05, 4.69) is 61.5 Å². The summed E-state index contributed by atoms with van der Waals surface area (Å²) in [5.41, 5.74) is 4.74. The molecule has 3 rings (SSSR count). The van der Waals surface area contributed by atoms with Crippen molar-refractivity contribution in [2.45, 2.75) is 45.4 Å². The third kappa shape index (κ3) is 5.96. The Morgan fingerprint density at radius 2 is 1.57 bits per heavy atom. The van der Waals surface area contributed by atoms with Crippen molar-refractivity contribution < 1.29 is 9.57 Å². The normalized spacial score (nSPS) is 11.9. The fourth-order valence-corrected chi connectivity index (χ4v) is 3.62. The van der Waals surface area contributed by atoms with Crippen LogP contribution in [0.3, 0.4) is 0 Å². The van der Waals surface area contributed by atoms with Crippen molar-refractivity contribution in [2.24, 2.45) is 5.16 Å². The number of oxime groups is 1. The molecule has 0 heterocycles. The standard InChI is InChI=1S/C27H31NO2/c1-21(28-29-4)23-15-17-24(18-16-23)27(2,3)19-9-11-22-10-8-14-26(20-22)30-25-12-6-5-7-13-25/h5-8,10,12-18,20H,9,11,19H2,1-4H3. The van der Waals surface area contributed by atoms with Crippen molar-refractivity contribution in [2.75, 3.05) is 7.11 Å². The van der Waals surface area contributed by atoms with Gasteiger partial charge in [-0.25, -0.2) is 0 Å². The number of nitrogens with zero attached hydrogens (tertiary/aromatic N) is 1. The number of hydrogen-bond acceptors (Lipinski definition) is 3. The van der Waals surface area contributed by atoms with Gasteiger partial charge in [-0.1, -0.05) is 73.6 Å². The van der Waals surface area contributed by atoms with Crippen LogP contribution in [0.25, 0.3) is 0 Å². The lowest BCUT2D eigenvalue weighted by atomic mass is 9.79. The average Bonchev–Trinajstić information content (AvgIpc) is 2.75. The van der Waals surface area contributed by atoms with E-state index in [1.165, 1.54) is 11.1 Å². The second-order valence-electron chi connectivity index (χ2n) is 8.24. The molecule has 0 unspecified atom stereocenters. The molecule has 0 aliphatic rings. The van der Waals surface area contributed by atoms with Crippen molar-refractivity contribution in [3.05, 3.63) is 95.6 Å². The Balaban J connectivity index is 1.57. The number of hydrogen-bond donors (Lipinski definition) is 0. The Hall–Kier alpha value is -3.07. The SMILES string of the molecule is CON=C(C)c1ccc(C(C)(C)CCCc2cccc(Oc3ccccc3)c2)cc1. The first kappa shape index (κ1) is 21.6. The number of para-hydroxylation sites is 1. The van der Waals surface area contributed by atoms with Crippen LogP contribution in [-0.2, 0) is 16.7 Å². The van der Waals surface area contributed by atoms with Crippen molar-refractivity contribution in [1.82, 2.24) is 0 Å². The van der Waals surface area contributed by atoms with Crippen LogP contribution in [0, 0.1) is 0 Å². The van der Waals surface area contributed by atoms with Crippen LogP contribution in [0.1, 0.15) is 50.3 Å². The zero-order valence-electron chi connectivity index (χ0n) is 18.4. The van der Waals surface area contributed by atoms with E-state index in [1.807, 2.05) is 43.3 Å². The van der Waals surface area contributed by atoms with Gasteiger partial charge < -0.3 is 9.57 Å². The van der Waals surface area contributed by atoms with E-state index in [4.69, 9.17) is 9.57 Å². The van der Waals surface area contributed by atoms with Crippen molar-refractivity contribution >= 4 is 5.71 Å². The van der Waals surface area contributed by atoms with Gasteiger partial charge >= 0.3 is 0 Å². The van der Waals surface area contributed by atoms with E-state index < -0.39 is 0 Å². The molecule has 0 N–H and O–H groups in total. The van der Waals surface area contributed by atoms with Gasteiger partial charge in [0.1, 0.15) is 18.6 Å². The molecule has 3 aromatic carbocycles. The molecule has 30 heavy (non-hydrogen) atoms. The Morgan fingerprint density at radius 1 is 0.867 bits per heavy atom. The predicted octanol–water partition coefficient (Wildman–Crippen LogP) is 7.15. The van der Waals surface area contributed by atoms with Gasteiger partial charge in [-0.15, -0.1) is 0 Å². The summed E-state index contributed by atoms with van der Waals surface area (Å²) < 4.78 is 5.96. The fraction of sp³-hybridized carbons (Fsp3) is 0.296. The Morgan fingerprint density at radius 3 is 2.27 bits per heavy atom. The minimum atomic E-state index is 0.114. The molecule has 0 saturated heterocycles. The molecule has 156 valence electrons. The summed E-state index contributed by atoms with van der Waals surface area (Å²) in [5, 5.41) is 4.01. The van der Waals surface area contributed by atoms with Gasteiger partial charge in [-0.05, 0) is 72.6 Å². The summed E-state index contributed by atoms with van der Waals surface area (Å²) in [5.74, 6) is 1.76. The van der Waals surface area contributed by atoms with Crippen LogP contribution >= 0.6 is 0 Å². The van der Waals surface area contributed by atoms with Crippen molar-refractivity contribution in [1.29, 1.82) is 0 Å². The lowest BCUT2D eigenvalue weighted by Crippen LogP contribution is -2.17. The molecular formula is C27H31NO2. The smallest absolute Gasteiger partial charge is 0.127 e. The van der Waals surface area contributed by atoms with E-state index in [1.54, 1.807) is 7.11 Å². The molecule has 3 heteroatoms. The minimum Gasteiger partial charge on any atom is -0.457 e. The highest BCUT2D eigenvalue weighted by Gasteiger charge is 2.20. The van der Waals surface area contributed by atoms with Crippen LogP contribution in [0.15, 0.2) is 84.0 Å². The summed E-state index contributed by atoms with van der Waals surface area (Å²) in [7, 11) is 1.57. The minimum absolute atomic E-state index is 0.114. The Labute approximate surface area is 180 Å². The highest BCUT2D eigenvalue weighted by molar-refractivity contribution is 5.98. The third-order valence-electron chi connectivity index (χ3n) is 5.46.